The monoisotopic (exact) mass is 401 g/mol. The largest absolute Gasteiger partial charge is 0.490 e. The van der Waals surface area contributed by atoms with Crippen LogP contribution in [0.3, 0.4) is 0 Å². The first kappa shape index (κ1) is 19.7. The van der Waals surface area contributed by atoms with Gasteiger partial charge in [-0.05, 0) is 54.1 Å². The number of halogens is 1. The Hall–Kier alpha value is -2.01. The highest BCUT2D eigenvalue weighted by molar-refractivity contribution is 7.09. The maximum atomic E-state index is 6.52. The van der Waals surface area contributed by atoms with Crippen LogP contribution in [0.25, 0.3) is 0 Å². The molecule has 0 spiro atoms. The minimum absolute atomic E-state index is 0.461. The lowest BCUT2D eigenvalue weighted by molar-refractivity contribution is 0.269. The summed E-state index contributed by atoms with van der Waals surface area (Å²) in [5, 5.41) is 6.10. The normalized spacial score (nSPS) is 10.8. The van der Waals surface area contributed by atoms with Crippen LogP contribution >= 0.6 is 22.9 Å². The van der Waals surface area contributed by atoms with Gasteiger partial charge < -0.3 is 14.8 Å². The van der Waals surface area contributed by atoms with Crippen molar-refractivity contribution in [3.8, 4) is 11.5 Å². The van der Waals surface area contributed by atoms with Crippen LogP contribution in [0.1, 0.15) is 28.5 Å². The van der Waals surface area contributed by atoms with E-state index >= 15 is 0 Å². The molecule has 0 radical (unpaired) electrons. The molecule has 0 aliphatic rings. The smallest absolute Gasteiger partial charge is 0.180 e. The van der Waals surface area contributed by atoms with E-state index in [0.29, 0.717) is 29.7 Å². The Labute approximate surface area is 169 Å². The van der Waals surface area contributed by atoms with Crippen molar-refractivity contribution in [1.82, 2.24) is 5.32 Å². The van der Waals surface area contributed by atoms with Crippen LogP contribution in [0, 0.1) is 6.92 Å². The molecule has 0 saturated heterocycles. The molecule has 1 heterocycles. The Balaban J connectivity index is 1.70. The first-order chi connectivity index (χ1) is 13.2. The molecule has 1 N–H and O–H groups in total. The summed E-state index contributed by atoms with van der Waals surface area (Å²) < 4.78 is 11.8. The van der Waals surface area contributed by atoms with Crippen molar-refractivity contribution >= 4 is 22.9 Å². The van der Waals surface area contributed by atoms with E-state index in [1.807, 2.05) is 31.2 Å². The van der Waals surface area contributed by atoms with Gasteiger partial charge in [0.05, 0.1) is 11.6 Å². The van der Waals surface area contributed by atoms with Gasteiger partial charge in [-0.2, -0.15) is 0 Å². The molecular formula is C22H24ClNO2S. The molecule has 0 atom stereocenters. The van der Waals surface area contributed by atoms with E-state index in [1.54, 1.807) is 11.3 Å². The third kappa shape index (κ3) is 5.48. The molecule has 0 aliphatic carbocycles. The number of nitrogens with one attached hydrogen (secondary N) is 1. The second-order valence-corrected chi connectivity index (χ2v) is 7.68. The number of hydrogen-bond donors (Lipinski definition) is 1. The number of hydrogen-bond acceptors (Lipinski definition) is 4. The van der Waals surface area contributed by atoms with Gasteiger partial charge in [0, 0.05) is 18.0 Å². The molecule has 0 amide bonds. The summed E-state index contributed by atoms with van der Waals surface area (Å²) in [7, 11) is 0. The van der Waals surface area contributed by atoms with Gasteiger partial charge in [-0.1, -0.05) is 41.9 Å². The van der Waals surface area contributed by atoms with Crippen molar-refractivity contribution in [3.63, 3.8) is 0 Å². The molecule has 3 aromatic rings. The van der Waals surface area contributed by atoms with Gasteiger partial charge in [-0.25, -0.2) is 0 Å². The van der Waals surface area contributed by atoms with Gasteiger partial charge in [0.1, 0.15) is 6.61 Å². The van der Waals surface area contributed by atoms with E-state index in [9.17, 15) is 0 Å². The maximum Gasteiger partial charge on any atom is 0.180 e. The lowest BCUT2D eigenvalue weighted by Gasteiger charge is -2.16. The lowest BCUT2D eigenvalue weighted by atomic mass is 10.1. The highest BCUT2D eigenvalue weighted by Crippen LogP contribution is 2.37. The predicted molar refractivity (Wildman–Crippen MR) is 113 cm³/mol. The van der Waals surface area contributed by atoms with Crippen molar-refractivity contribution in [2.24, 2.45) is 0 Å². The Morgan fingerprint density at radius 2 is 1.89 bits per heavy atom. The fourth-order valence-corrected chi connectivity index (χ4v) is 3.75. The average Bonchev–Trinajstić information content (AvgIpc) is 3.16. The molecule has 3 nitrogen and oxygen atoms in total. The SMILES string of the molecule is CCOc1cc(CNCc2cccs2)cc(Cl)c1OCc1ccccc1C. The van der Waals surface area contributed by atoms with E-state index in [-0.39, 0.29) is 0 Å². The summed E-state index contributed by atoms with van der Waals surface area (Å²) in [6.07, 6.45) is 0. The third-order valence-corrected chi connectivity index (χ3v) is 5.37. The van der Waals surface area contributed by atoms with Gasteiger partial charge in [0.2, 0.25) is 0 Å². The van der Waals surface area contributed by atoms with Crippen LogP contribution in [0.5, 0.6) is 11.5 Å². The average molecular weight is 402 g/mol. The molecule has 0 unspecified atom stereocenters. The number of ether oxygens (including phenoxy) is 2. The summed E-state index contributed by atoms with van der Waals surface area (Å²) in [6, 6.07) is 16.3. The van der Waals surface area contributed by atoms with Crippen LogP contribution in [0.2, 0.25) is 5.02 Å². The highest BCUT2D eigenvalue weighted by Gasteiger charge is 2.13. The minimum Gasteiger partial charge on any atom is -0.490 e. The zero-order valence-electron chi connectivity index (χ0n) is 15.6. The van der Waals surface area contributed by atoms with E-state index in [1.165, 1.54) is 10.4 Å². The van der Waals surface area contributed by atoms with Gasteiger partial charge in [0.25, 0.3) is 0 Å². The number of thiophene rings is 1. The Bertz CT molecular complexity index is 865. The van der Waals surface area contributed by atoms with Crippen LogP contribution in [0.15, 0.2) is 53.9 Å². The van der Waals surface area contributed by atoms with Gasteiger partial charge >= 0.3 is 0 Å². The second-order valence-electron chi connectivity index (χ2n) is 6.24. The predicted octanol–water partition coefficient (Wildman–Crippen LogP) is 5.98. The van der Waals surface area contributed by atoms with Gasteiger partial charge in [-0.3, -0.25) is 0 Å². The molecule has 3 rings (SSSR count). The third-order valence-electron chi connectivity index (χ3n) is 4.21. The Morgan fingerprint density at radius 3 is 2.63 bits per heavy atom. The number of aryl methyl sites for hydroxylation is 1. The van der Waals surface area contributed by atoms with Crippen LogP contribution in [-0.4, -0.2) is 6.61 Å². The standard InChI is InChI=1S/C22H24ClNO2S/c1-3-25-21-12-17(13-24-14-19-9-6-10-27-19)11-20(23)22(21)26-15-18-8-5-4-7-16(18)2/h4-12,24H,3,13-15H2,1-2H3. The topological polar surface area (TPSA) is 30.5 Å². The second kappa shape index (κ2) is 9.79. The summed E-state index contributed by atoms with van der Waals surface area (Å²) >= 11 is 8.27. The summed E-state index contributed by atoms with van der Waals surface area (Å²) in [5.41, 5.74) is 3.40. The van der Waals surface area contributed by atoms with Crippen molar-refractivity contribution in [2.75, 3.05) is 6.61 Å². The first-order valence-corrected chi connectivity index (χ1v) is 10.3. The van der Waals surface area contributed by atoms with Crippen LogP contribution < -0.4 is 14.8 Å². The molecular weight excluding hydrogens is 378 g/mol. The molecule has 0 bridgehead atoms. The van der Waals surface area contributed by atoms with Crippen molar-refractivity contribution in [2.45, 2.75) is 33.5 Å². The Morgan fingerprint density at radius 1 is 1.04 bits per heavy atom. The van der Waals surface area contributed by atoms with Crippen LogP contribution in [0.4, 0.5) is 0 Å². The zero-order valence-corrected chi connectivity index (χ0v) is 17.2. The van der Waals surface area contributed by atoms with Crippen molar-refractivity contribution in [1.29, 1.82) is 0 Å². The summed E-state index contributed by atoms with van der Waals surface area (Å²) in [6.45, 7) is 6.61. The van der Waals surface area contributed by atoms with E-state index in [2.05, 4.69) is 41.9 Å². The molecule has 27 heavy (non-hydrogen) atoms. The molecule has 5 heteroatoms. The van der Waals surface area contributed by atoms with E-state index in [0.717, 1.165) is 24.2 Å². The summed E-state index contributed by atoms with van der Waals surface area (Å²) in [4.78, 5) is 1.31. The fraction of sp³-hybridized carbons (Fsp3) is 0.273. The molecule has 1 aromatic heterocycles. The molecule has 0 saturated carbocycles. The number of benzene rings is 2. The fourth-order valence-electron chi connectivity index (χ4n) is 2.79. The molecule has 2 aromatic carbocycles. The van der Waals surface area contributed by atoms with Crippen molar-refractivity contribution in [3.05, 3.63) is 80.5 Å². The highest BCUT2D eigenvalue weighted by atomic mass is 35.5. The zero-order chi connectivity index (χ0) is 19.1. The number of rotatable bonds is 9. The van der Waals surface area contributed by atoms with Gasteiger partial charge in [0.15, 0.2) is 11.5 Å². The quantitative estimate of drug-likeness (QED) is 0.478. The first-order valence-electron chi connectivity index (χ1n) is 9.03. The molecule has 0 fully saturated rings. The molecule has 142 valence electrons. The van der Waals surface area contributed by atoms with E-state index in [4.69, 9.17) is 21.1 Å². The molecule has 0 aliphatic heterocycles. The summed E-state index contributed by atoms with van der Waals surface area (Å²) in [5.74, 6) is 1.29. The minimum atomic E-state index is 0.461. The van der Waals surface area contributed by atoms with Crippen molar-refractivity contribution < 1.29 is 9.47 Å². The lowest BCUT2D eigenvalue weighted by Crippen LogP contribution is -2.12. The van der Waals surface area contributed by atoms with E-state index < -0.39 is 0 Å². The Kier molecular flexibility index (Phi) is 7.16. The van der Waals surface area contributed by atoms with Crippen LogP contribution in [-0.2, 0) is 19.7 Å². The van der Waals surface area contributed by atoms with Gasteiger partial charge in [-0.15, -0.1) is 11.3 Å². The maximum absolute atomic E-state index is 6.52.